The molecule has 1 saturated heterocycles. The van der Waals surface area contributed by atoms with E-state index in [4.69, 9.17) is 0 Å². The van der Waals surface area contributed by atoms with E-state index in [-0.39, 0.29) is 11.8 Å². The highest BCUT2D eigenvalue weighted by Gasteiger charge is 2.34. The summed E-state index contributed by atoms with van der Waals surface area (Å²) in [4.78, 5) is 27.9. The maximum atomic E-state index is 12.7. The second-order valence-corrected chi connectivity index (χ2v) is 7.10. The Morgan fingerprint density at radius 1 is 0.931 bits per heavy atom. The molecule has 0 atom stereocenters. The van der Waals surface area contributed by atoms with Gasteiger partial charge in [-0.1, -0.05) is 48.5 Å². The van der Waals surface area contributed by atoms with Crippen LogP contribution in [0.3, 0.4) is 0 Å². The van der Waals surface area contributed by atoms with Gasteiger partial charge in [-0.3, -0.25) is 9.78 Å². The molecule has 1 fully saturated rings. The summed E-state index contributed by atoms with van der Waals surface area (Å²) in [5, 5.41) is 4.04. The Morgan fingerprint density at radius 2 is 1.76 bits per heavy atom. The number of benzene rings is 2. The summed E-state index contributed by atoms with van der Waals surface area (Å²) in [7, 11) is 0. The average Bonchev–Trinajstić information content (AvgIpc) is 2.74. The van der Waals surface area contributed by atoms with Gasteiger partial charge >= 0.3 is 0 Å². The molecule has 142 valence electrons. The molecule has 0 unspecified atom stereocenters. The molecule has 1 N–H and O–H groups in total. The summed E-state index contributed by atoms with van der Waals surface area (Å²) in [6.07, 6.45) is 3.31. The highest BCUT2D eigenvalue weighted by Crippen LogP contribution is 2.28. The van der Waals surface area contributed by atoms with Crippen LogP contribution in [0.1, 0.15) is 0 Å². The number of amides is 1. The smallest absolute Gasteiger partial charge is 0.231 e. The summed E-state index contributed by atoms with van der Waals surface area (Å²) in [6, 6.07) is 21.7. The highest BCUT2D eigenvalue weighted by molar-refractivity contribution is 6.01. The lowest BCUT2D eigenvalue weighted by atomic mass is 9.98. The van der Waals surface area contributed by atoms with Crippen molar-refractivity contribution < 1.29 is 4.79 Å². The number of anilines is 2. The van der Waals surface area contributed by atoms with Crippen molar-refractivity contribution in [2.75, 3.05) is 23.3 Å². The SMILES string of the molecule is O=C(Nc1cccc2cccnc12)C1CN(c2cc(-c3ccccc3)ncn2)C1. The predicted molar refractivity (Wildman–Crippen MR) is 114 cm³/mol. The molecule has 2 aromatic carbocycles. The number of carbonyl (C=O) groups excluding carboxylic acids is 1. The van der Waals surface area contributed by atoms with Crippen LogP contribution in [-0.4, -0.2) is 33.9 Å². The summed E-state index contributed by atoms with van der Waals surface area (Å²) >= 11 is 0. The van der Waals surface area contributed by atoms with Gasteiger partial charge in [0.15, 0.2) is 0 Å². The monoisotopic (exact) mass is 381 g/mol. The van der Waals surface area contributed by atoms with Crippen LogP contribution >= 0.6 is 0 Å². The molecule has 29 heavy (non-hydrogen) atoms. The number of carbonyl (C=O) groups is 1. The molecule has 0 saturated carbocycles. The van der Waals surface area contributed by atoms with Crippen LogP contribution in [0.25, 0.3) is 22.2 Å². The van der Waals surface area contributed by atoms with Crippen LogP contribution in [0.4, 0.5) is 11.5 Å². The zero-order valence-corrected chi connectivity index (χ0v) is 15.7. The van der Waals surface area contributed by atoms with Crippen molar-refractivity contribution >= 4 is 28.3 Å². The summed E-state index contributed by atoms with van der Waals surface area (Å²) in [5.74, 6) is 0.774. The Bertz CT molecular complexity index is 1170. The van der Waals surface area contributed by atoms with Crippen molar-refractivity contribution in [3.8, 4) is 11.3 Å². The summed E-state index contributed by atoms with van der Waals surface area (Å²) in [5.41, 5.74) is 3.49. The van der Waals surface area contributed by atoms with Gasteiger partial charge in [0.05, 0.1) is 22.8 Å². The van der Waals surface area contributed by atoms with E-state index in [1.807, 2.05) is 66.7 Å². The second-order valence-electron chi connectivity index (χ2n) is 7.10. The first kappa shape index (κ1) is 17.3. The van der Waals surface area contributed by atoms with Gasteiger partial charge in [-0.05, 0) is 12.1 Å². The predicted octanol–water partition coefficient (Wildman–Crippen LogP) is 3.77. The third-order valence-electron chi connectivity index (χ3n) is 5.19. The van der Waals surface area contributed by atoms with Gasteiger partial charge in [0.25, 0.3) is 0 Å². The van der Waals surface area contributed by atoms with E-state index < -0.39 is 0 Å². The van der Waals surface area contributed by atoms with Gasteiger partial charge in [0, 0.05) is 36.3 Å². The quantitative estimate of drug-likeness (QED) is 0.583. The Balaban J connectivity index is 1.27. The Labute approximate surface area is 168 Å². The minimum absolute atomic E-state index is 0.0109. The van der Waals surface area contributed by atoms with E-state index in [9.17, 15) is 4.79 Å². The minimum atomic E-state index is -0.0795. The molecule has 6 nitrogen and oxygen atoms in total. The van der Waals surface area contributed by atoms with Gasteiger partial charge < -0.3 is 10.2 Å². The van der Waals surface area contributed by atoms with Gasteiger partial charge in [-0.15, -0.1) is 0 Å². The molecule has 3 heterocycles. The molecular formula is C23H19N5O. The first-order valence-corrected chi connectivity index (χ1v) is 9.55. The fourth-order valence-corrected chi connectivity index (χ4v) is 3.56. The van der Waals surface area contributed by atoms with Gasteiger partial charge in [-0.25, -0.2) is 9.97 Å². The Hall–Kier alpha value is -3.80. The maximum absolute atomic E-state index is 12.7. The largest absolute Gasteiger partial charge is 0.355 e. The number of para-hydroxylation sites is 1. The lowest BCUT2D eigenvalue weighted by Crippen LogP contribution is -2.52. The van der Waals surface area contributed by atoms with Crippen molar-refractivity contribution in [1.29, 1.82) is 0 Å². The number of nitrogens with one attached hydrogen (secondary N) is 1. The van der Waals surface area contributed by atoms with Crippen LogP contribution in [0.5, 0.6) is 0 Å². The fourth-order valence-electron chi connectivity index (χ4n) is 3.56. The molecule has 1 aliphatic rings. The maximum Gasteiger partial charge on any atom is 0.231 e. The molecule has 0 radical (unpaired) electrons. The molecule has 1 amide bonds. The zero-order valence-electron chi connectivity index (χ0n) is 15.7. The van der Waals surface area contributed by atoms with E-state index in [1.165, 1.54) is 0 Å². The molecule has 0 aliphatic carbocycles. The van der Waals surface area contributed by atoms with Gasteiger partial charge in [0.2, 0.25) is 5.91 Å². The number of rotatable bonds is 4. The summed E-state index contributed by atoms with van der Waals surface area (Å²) < 4.78 is 0. The van der Waals surface area contributed by atoms with E-state index in [1.54, 1.807) is 12.5 Å². The van der Waals surface area contributed by atoms with E-state index >= 15 is 0 Å². The molecule has 2 aromatic heterocycles. The van der Waals surface area contributed by atoms with E-state index in [2.05, 4.69) is 25.2 Å². The lowest BCUT2D eigenvalue weighted by Gasteiger charge is -2.39. The number of fused-ring (bicyclic) bond motifs is 1. The molecule has 1 aliphatic heterocycles. The number of hydrogen-bond acceptors (Lipinski definition) is 5. The van der Waals surface area contributed by atoms with Crippen LogP contribution < -0.4 is 10.2 Å². The fraction of sp³-hybridized carbons (Fsp3) is 0.130. The van der Waals surface area contributed by atoms with Crippen LogP contribution in [-0.2, 0) is 4.79 Å². The first-order chi connectivity index (χ1) is 14.3. The van der Waals surface area contributed by atoms with Crippen LogP contribution in [0.15, 0.2) is 79.3 Å². The average molecular weight is 381 g/mol. The Morgan fingerprint density at radius 3 is 2.62 bits per heavy atom. The minimum Gasteiger partial charge on any atom is -0.355 e. The van der Waals surface area contributed by atoms with Crippen molar-refractivity contribution in [3.63, 3.8) is 0 Å². The van der Waals surface area contributed by atoms with Crippen molar-refractivity contribution in [2.24, 2.45) is 5.92 Å². The van der Waals surface area contributed by atoms with Crippen molar-refractivity contribution in [2.45, 2.75) is 0 Å². The zero-order chi connectivity index (χ0) is 19.6. The van der Waals surface area contributed by atoms with Crippen molar-refractivity contribution in [1.82, 2.24) is 15.0 Å². The number of pyridine rings is 1. The highest BCUT2D eigenvalue weighted by atomic mass is 16.2. The molecule has 5 rings (SSSR count). The standard InChI is InChI=1S/C23H19N5O/c29-23(27-19-10-4-8-17-9-5-11-24-22(17)19)18-13-28(14-18)21-12-20(25-15-26-21)16-6-2-1-3-7-16/h1-12,15,18H,13-14H2,(H,27,29). The van der Waals surface area contributed by atoms with Crippen molar-refractivity contribution in [3.05, 3.63) is 79.3 Å². The topological polar surface area (TPSA) is 71.0 Å². The van der Waals surface area contributed by atoms with E-state index in [0.29, 0.717) is 13.1 Å². The Kier molecular flexibility index (Phi) is 4.37. The second kappa shape index (κ2) is 7.31. The summed E-state index contributed by atoms with van der Waals surface area (Å²) in [6.45, 7) is 1.27. The van der Waals surface area contributed by atoms with Crippen LogP contribution in [0, 0.1) is 5.92 Å². The molecule has 4 aromatic rings. The first-order valence-electron chi connectivity index (χ1n) is 9.55. The lowest BCUT2D eigenvalue weighted by molar-refractivity contribution is -0.120. The van der Waals surface area contributed by atoms with Gasteiger partial charge in [-0.2, -0.15) is 0 Å². The molecular weight excluding hydrogens is 362 g/mol. The third kappa shape index (κ3) is 3.40. The molecule has 6 heteroatoms. The third-order valence-corrected chi connectivity index (χ3v) is 5.19. The van der Waals surface area contributed by atoms with E-state index in [0.717, 1.165) is 33.7 Å². The van der Waals surface area contributed by atoms with Crippen LogP contribution in [0.2, 0.25) is 0 Å². The normalized spacial score (nSPS) is 13.9. The van der Waals surface area contributed by atoms with Gasteiger partial charge in [0.1, 0.15) is 12.1 Å². The molecule has 0 bridgehead atoms. The number of nitrogens with zero attached hydrogens (tertiary/aromatic N) is 4. The number of aromatic nitrogens is 3. The molecule has 0 spiro atoms. The number of hydrogen-bond donors (Lipinski definition) is 1.